The van der Waals surface area contributed by atoms with Crippen molar-refractivity contribution in [2.75, 3.05) is 5.75 Å². The number of nitrogens with two attached hydrogens (primary N) is 2. The predicted molar refractivity (Wildman–Crippen MR) is 95.6 cm³/mol. The molecule has 0 fully saturated rings. The molecule has 1 aromatic rings. The standard InChI is InChI=1S/C15H18N4O7S/c16-8(14(22)23)2-4-12(20)18-10(15(24)25)6-27-11-3-1-7(13(17)21)5-9(11)19-26/h1,3,5,8,10H,2,4,6,16H2,(H2,17,21)(H,18,20)(H,22,23)(H,24,25). The molecule has 0 aliphatic carbocycles. The van der Waals surface area contributed by atoms with E-state index in [0.717, 1.165) is 11.8 Å². The van der Waals surface area contributed by atoms with Crippen LogP contribution in [0.25, 0.3) is 0 Å². The zero-order chi connectivity index (χ0) is 20.6. The molecule has 0 saturated heterocycles. The van der Waals surface area contributed by atoms with Gasteiger partial charge in [0, 0.05) is 22.6 Å². The van der Waals surface area contributed by atoms with Crippen molar-refractivity contribution >= 4 is 41.2 Å². The zero-order valence-corrected chi connectivity index (χ0v) is 14.8. The van der Waals surface area contributed by atoms with Crippen LogP contribution in [0.4, 0.5) is 5.69 Å². The molecule has 1 rings (SSSR count). The maximum absolute atomic E-state index is 11.8. The SMILES string of the molecule is NC(=O)c1ccc(SCC(NC(=O)CCC(N)C(=O)O)C(=O)O)c(N=O)c1. The fraction of sp³-hybridized carbons (Fsp3) is 0.333. The molecule has 27 heavy (non-hydrogen) atoms. The first-order valence-corrected chi connectivity index (χ1v) is 8.54. The number of primary amides is 1. The van der Waals surface area contributed by atoms with Crippen LogP contribution < -0.4 is 16.8 Å². The number of thioether (sulfide) groups is 1. The van der Waals surface area contributed by atoms with Gasteiger partial charge in [0.15, 0.2) is 0 Å². The number of aliphatic carboxylic acids is 2. The van der Waals surface area contributed by atoms with E-state index in [9.17, 15) is 29.2 Å². The predicted octanol–water partition coefficient (Wildman–Crippen LogP) is 0.0370. The van der Waals surface area contributed by atoms with Gasteiger partial charge in [0.25, 0.3) is 0 Å². The molecule has 0 heterocycles. The molecule has 11 nitrogen and oxygen atoms in total. The molecule has 1 aromatic carbocycles. The highest BCUT2D eigenvalue weighted by molar-refractivity contribution is 7.99. The molecule has 2 unspecified atom stereocenters. The normalized spacial score (nSPS) is 12.6. The van der Waals surface area contributed by atoms with Crippen molar-refractivity contribution < 1.29 is 29.4 Å². The number of benzene rings is 1. The van der Waals surface area contributed by atoms with Crippen LogP contribution in [0.2, 0.25) is 0 Å². The second kappa shape index (κ2) is 10.2. The van der Waals surface area contributed by atoms with Gasteiger partial charge in [-0.1, -0.05) is 0 Å². The summed E-state index contributed by atoms with van der Waals surface area (Å²) in [6.45, 7) is 0. The molecule has 146 valence electrons. The molecule has 12 heteroatoms. The number of nitroso groups, excluding NO2 is 1. The van der Waals surface area contributed by atoms with Gasteiger partial charge in [-0.2, -0.15) is 0 Å². The first-order valence-electron chi connectivity index (χ1n) is 7.56. The van der Waals surface area contributed by atoms with E-state index in [4.69, 9.17) is 16.6 Å². The van der Waals surface area contributed by atoms with Crippen LogP contribution in [0, 0.1) is 4.91 Å². The van der Waals surface area contributed by atoms with Crippen molar-refractivity contribution in [3.8, 4) is 0 Å². The van der Waals surface area contributed by atoms with Crippen molar-refractivity contribution in [3.63, 3.8) is 0 Å². The highest BCUT2D eigenvalue weighted by Gasteiger charge is 2.22. The number of amides is 2. The van der Waals surface area contributed by atoms with Crippen LogP contribution >= 0.6 is 11.8 Å². The molecular weight excluding hydrogens is 380 g/mol. The van der Waals surface area contributed by atoms with Crippen molar-refractivity contribution in [2.24, 2.45) is 16.6 Å². The topological polar surface area (TPSA) is 202 Å². The van der Waals surface area contributed by atoms with Crippen molar-refractivity contribution in [1.29, 1.82) is 0 Å². The van der Waals surface area contributed by atoms with E-state index in [0.29, 0.717) is 4.90 Å². The van der Waals surface area contributed by atoms with Crippen molar-refractivity contribution in [3.05, 3.63) is 28.7 Å². The number of carbonyl (C=O) groups is 4. The molecule has 0 aromatic heterocycles. The van der Waals surface area contributed by atoms with Crippen LogP contribution in [0.15, 0.2) is 28.3 Å². The largest absolute Gasteiger partial charge is 0.480 e. The molecule has 0 radical (unpaired) electrons. The maximum Gasteiger partial charge on any atom is 0.327 e. The van der Waals surface area contributed by atoms with E-state index in [1.165, 1.54) is 18.2 Å². The Kier molecular flexibility index (Phi) is 8.35. The Balaban J connectivity index is 2.72. The monoisotopic (exact) mass is 398 g/mol. The van der Waals surface area contributed by atoms with Crippen LogP contribution in [-0.2, 0) is 14.4 Å². The summed E-state index contributed by atoms with van der Waals surface area (Å²) in [6, 6.07) is 1.42. The van der Waals surface area contributed by atoms with Gasteiger partial charge < -0.3 is 27.0 Å². The quantitative estimate of drug-likeness (QED) is 0.252. The maximum atomic E-state index is 11.8. The van der Waals surface area contributed by atoms with E-state index in [1.54, 1.807) is 0 Å². The fourth-order valence-corrected chi connectivity index (χ4v) is 2.87. The molecule has 0 saturated carbocycles. The van der Waals surface area contributed by atoms with E-state index in [2.05, 4.69) is 10.5 Å². The second-order valence-corrected chi connectivity index (χ2v) is 6.45. The molecule has 2 amide bonds. The third kappa shape index (κ3) is 7.03. The van der Waals surface area contributed by atoms with Crippen LogP contribution in [-0.4, -0.2) is 51.8 Å². The Bertz CT molecular complexity index is 756. The number of nitrogens with zero attached hydrogens (tertiary/aromatic N) is 1. The van der Waals surface area contributed by atoms with Crippen LogP contribution in [0.5, 0.6) is 0 Å². The zero-order valence-electron chi connectivity index (χ0n) is 14.0. The summed E-state index contributed by atoms with van der Waals surface area (Å²) in [5.74, 6) is -4.12. The van der Waals surface area contributed by atoms with Gasteiger partial charge in [-0.05, 0) is 29.8 Å². The Labute approximate surface area is 157 Å². The lowest BCUT2D eigenvalue weighted by Crippen LogP contribution is -2.43. The highest BCUT2D eigenvalue weighted by atomic mass is 32.2. The lowest BCUT2D eigenvalue weighted by molar-refractivity contribution is -0.141. The highest BCUT2D eigenvalue weighted by Crippen LogP contribution is 2.31. The number of carboxylic acids is 2. The number of hydrogen-bond acceptors (Lipinski definition) is 8. The summed E-state index contributed by atoms with van der Waals surface area (Å²) in [6.07, 6.45) is -0.398. The minimum Gasteiger partial charge on any atom is -0.480 e. The first kappa shape index (κ1) is 22.1. The molecular formula is C15H18N4O7S. The summed E-state index contributed by atoms with van der Waals surface area (Å²) in [5, 5.41) is 22.9. The number of rotatable bonds is 11. The average Bonchev–Trinajstić information content (AvgIpc) is 2.62. The summed E-state index contributed by atoms with van der Waals surface area (Å²) in [5.41, 5.74) is 10.4. The smallest absolute Gasteiger partial charge is 0.327 e. The molecule has 0 bridgehead atoms. The van der Waals surface area contributed by atoms with E-state index >= 15 is 0 Å². The number of carboxylic acid groups (broad SMARTS) is 2. The minimum atomic E-state index is -1.31. The molecule has 2 atom stereocenters. The number of hydrogen-bond donors (Lipinski definition) is 5. The number of carbonyl (C=O) groups excluding carboxylic acids is 2. The van der Waals surface area contributed by atoms with E-state index in [1.807, 2.05) is 0 Å². The molecule has 7 N–H and O–H groups in total. The Morgan fingerprint density at radius 1 is 1.19 bits per heavy atom. The molecule has 0 aliphatic rings. The Morgan fingerprint density at radius 3 is 2.37 bits per heavy atom. The summed E-state index contributed by atoms with van der Waals surface area (Å²) < 4.78 is 0. The Hall–Kier alpha value is -2.99. The summed E-state index contributed by atoms with van der Waals surface area (Å²) >= 11 is 0.940. The van der Waals surface area contributed by atoms with Gasteiger partial charge >= 0.3 is 11.9 Å². The lowest BCUT2D eigenvalue weighted by Gasteiger charge is -2.15. The van der Waals surface area contributed by atoms with Gasteiger partial charge in [0.1, 0.15) is 17.8 Å². The van der Waals surface area contributed by atoms with Crippen molar-refractivity contribution in [1.82, 2.24) is 5.32 Å². The summed E-state index contributed by atoms with van der Waals surface area (Å²) in [4.78, 5) is 56.0. The second-order valence-electron chi connectivity index (χ2n) is 5.39. The summed E-state index contributed by atoms with van der Waals surface area (Å²) in [7, 11) is 0. The van der Waals surface area contributed by atoms with E-state index < -0.39 is 35.8 Å². The van der Waals surface area contributed by atoms with Gasteiger partial charge in [0.2, 0.25) is 11.8 Å². The third-order valence-corrected chi connectivity index (χ3v) is 4.54. The van der Waals surface area contributed by atoms with Gasteiger partial charge in [-0.25, -0.2) is 4.79 Å². The van der Waals surface area contributed by atoms with E-state index in [-0.39, 0.29) is 29.8 Å². The fourth-order valence-electron chi connectivity index (χ4n) is 1.89. The van der Waals surface area contributed by atoms with Crippen LogP contribution in [0.1, 0.15) is 23.2 Å². The molecule has 0 spiro atoms. The Morgan fingerprint density at radius 2 is 1.85 bits per heavy atom. The first-order chi connectivity index (χ1) is 12.6. The lowest BCUT2D eigenvalue weighted by atomic mass is 10.1. The minimum absolute atomic E-state index is 0.0757. The van der Waals surface area contributed by atoms with Gasteiger partial charge in [0.05, 0.1) is 0 Å². The van der Waals surface area contributed by atoms with Gasteiger partial charge in [-0.15, -0.1) is 16.7 Å². The molecule has 0 aliphatic heterocycles. The van der Waals surface area contributed by atoms with Crippen molar-refractivity contribution in [2.45, 2.75) is 29.8 Å². The third-order valence-electron chi connectivity index (χ3n) is 3.38. The number of nitrogens with one attached hydrogen (secondary N) is 1. The van der Waals surface area contributed by atoms with Crippen LogP contribution in [0.3, 0.4) is 0 Å². The average molecular weight is 398 g/mol. The van der Waals surface area contributed by atoms with Gasteiger partial charge in [-0.3, -0.25) is 14.4 Å².